The number of ether oxygens (including phenoxy) is 3. The van der Waals surface area contributed by atoms with Crippen LogP contribution in [-0.4, -0.2) is 82.6 Å². The molecule has 1 saturated carbocycles. The highest BCUT2D eigenvalue weighted by Gasteiger charge is 2.76. The summed E-state index contributed by atoms with van der Waals surface area (Å²) < 4.78 is 18.1. The summed E-state index contributed by atoms with van der Waals surface area (Å²) in [6.45, 7) is 8.12. The van der Waals surface area contributed by atoms with Crippen molar-refractivity contribution in [2.45, 2.75) is 49.6 Å². The van der Waals surface area contributed by atoms with Crippen molar-refractivity contribution in [1.82, 2.24) is 14.8 Å². The predicted octanol–water partition coefficient (Wildman–Crippen LogP) is 3.76. The van der Waals surface area contributed by atoms with Crippen LogP contribution in [0.15, 0.2) is 67.0 Å². The first-order valence-electron chi connectivity index (χ1n) is 14.9. The third kappa shape index (κ3) is 4.67. The number of carbonyl (C=O) groups is 1. The third-order valence-corrected chi connectivity index (χ3v) is 9.11. The van der Waals surface area contributed by atoms with E-state index in [1.807, 2.05) is 51.1 Å². The lowest BCUT2D eigenvalue weighted by Gasteiger charge is -2.41. The van der Waals surface area contributed by atoms with E-state index in [1.165, 1.54) is 13.3 Å². The Balaban J connectivity index is 1.43. The van der Waals surface area contributed by atoms with Crippen molar-refractivity contribution in [2.24, 2.45) is 5.92 Å². The minimum Gasteiger partial charge on any atom is -0.495 e. The molecule has 2 fully saturated rings. The fourth-order valence-corrected chi connectivity index (χ4v) is 7.27. The topological polar surface area (TPSA) is 128 Å². The Hall–Kier alpha value is -4.17. The summed E-state index contributed by atoms with van der Waals surface area (Å²) in [6, 6.07) is 18.9. The number of aromatic nitrogens is 1. The van der Waals surface area contributed by atoms with Crippen molar-refractivity contribution in [1.29, 1.82) is 5.26 Å². The maximum Gasteiger partial charge on any atom is 0.410 e. The Morgan fingerprint density at radius 3 is 2.39 bits per heavy atom. The summed E-state index contributed by atoms with van der Waals surface area (Å²) in [5, 5.41) is 34.9. The van der Waals surface area contributed by atoms with Crippen molar-refractivity contribution in [3.05, 3.63) is 89.2 Å². The highest BCUT2D eigenvalue weighted by atomic mass is 16.6. The maximum atomic E-state index is 13.0. The van der Waals surface area contributed by atoms with Gasteiger partial charge in [-0.15, -0.1) is 0 Å². The molecule has 0 spiro atoms. The van der Waals surface area contributed by atoms with Gasteiger partial charge < -0.3 is 29.3 Å². The van der Waals surface area contributed by atoms with Crippen molar-refractivity contribution in [3.8, 4) is 17.6 Å². The van der Waals surface area contributed by atoms with Gasteiger partial charge in [0.2, 0.25) is 0 Å². The monoisotopic (exact) mass is 598 g/mol. The molecular weight excluding hydrogens is 560 g/mol. The molecule has 2 N–H and O–H groups in total. The van der Waals surface area contributed by atoms with E-state index in [0.717, 1.165) is 5.56 Å². The van der Waals surface area contributed by atoms with Gasteiger partial charge in [-0.2, -0.15) is 5.26 Å². The van der Waals surface area contributed by atoms with Crippen molar-refractivity contribution in [2.75, 3.05) is 39.8 Å². The number of hydrogen-bond donors (Lipinski definition) is 2. The number of aliphatic hydroxyl groups is 2. The van der Waals surface area contributed by atoms with Crippen LogP contribution in [0.5, 0.6) is 11.5 Å². The number of amides is 1. The average molecular weight is 599 g/mol. The van der Waals surface area contributed by atoms with Gasteiger partial charge in [-0.05, 0) is 44.0 Å². The summed E-state index contributed by atoms with van der Waals surface area (Å²) in [5.74, 6) is -0.353. The molecule has 0 unspecified atom stereocenters. The Bertz CT molecular complexity index is 1560. The van der Waals surface area contributed by atoms with E-state index in [9.17, 15) is 20.3 Å². The van der Waals surface area contributed by atoms with Gasteiger partial charge >= 0.3 is 6.09 Å². The molecule has 2 aromatic carbocycles. The van der Waals surface area contributed by atoms with Crippen molar-refractivity contribution >= 4 is 6.09 Å². The lowest BCUT2D eigenvalue weighted by atomic mass is 9.70. The molecule has 44 heavy (non-hydrogen) atoms. The minimum atomic E-state index is -1.92. The van der Waals surface area contributed by atoms with Crippen molar-refractivity contribution in [3.63, 3.8) is 0 Å². The molecule has 6 rings (SSSR count). The zero-order valence-electron chi connectivity index (χ0n) is 25.4. The molecular formula is C34H38N4O6. The van der Waals surface area contributed by atoms with E-state index in [2.05, 4.69) is 16.0 Å². The number of benzene rings is 2. The third-order valence-electron chi connectivity index (χ3n) is 9.11. The molecule has 2 aliphatic heterocycles. The van der Waals surface area contributed by atoms with Gasteiger partial charge in [0.05, 0.1) is 42.8 Å². The molecule has 230 valence electrons. The molecule has 1 amide bonds. The van der Waals surface area contributed by atoms with Gasteiger partial charge in [-0.25, -0.2) is 4.79 Å². The number of fused-ring (bicyclic) bond motifs is 3. The van der Waals surface area contributed by atoms with Gasteiger partial charge in [0.15, 0.2) is 11.2 Å². The number of hydrogen-bond acceptors (Lipinski definition) is 9. The molecule has 1 saturated heterocycles. The number of piperazine rings is 1. The highest BCUT2D eigenvalue weighted by molar-refractivity contribution is 5.68. The number of rotatable bonds is 5. The Morgan fingerprint density at radius 2 is 1.77 bits per heavy atom. The van der Waals surface area contributed by atoms with Crippen LogP contribution in [0.1, 0.15) is 48.9 Å². The van der Waals surface area contributed by atoms with E-state index >= 15 is 0 Å². The summed E-state index contributed by atoms with van der Waals surface area (Å²) in [5.41, 5.74) is -1.63. The largest absolute Gasteiger partial charge is 0.495 e. The maximum absolute atomic E-state index is 13.0. The van der Waals surface area contributed by atoms with Crippen LogP contribution < -0.4 is 9.47 Å². The first-order valence-corrected chi connectivity index (χ1v) is 14.9. The standard InChI is InChI=1S/C34H38N4O6/c1-32(2,3)44-31(40)38-16-14-37(15-17-38)21-25-28(23-8-6-5-7-9-23)34(24-12-10-22(18-35)11-13-24)33(41,30(25)39)29-26(42-4)19-36-20-27(29)43-34/h5-13,19-20,25,28,30,39,41H,14-17,21H2,1-4H3/t25-,28-,30-,33+,34+/m1/s1. The number of pyridine rings is 1. The van der Waals surface area contributed by atoms with Crippen LogP contribution in [0.25, 0.3) is 0 Å². The molecule has 3 heterocycles. The number of methoxy groups -OCH3 is 1. The quantitative estimate of drug-likeness (QED) is 0.451. The van der Waals surface area contributed by atoms with E-state index in [0.29, 0.717) is 60.9 Å². The number of nitrogens with zero attached hydrogens (tertiary/aromatic N) is 4. The van der Waals surface area contributed by atoms with Crippen LogP contribution in [0, 0.1) is 17.2 Å². The Kier molecular flexibility index (Phi) is 7.52. The molecule has 0 bridgehead atoms. The summed E-state index contributed by atoms with van der Waals surface area (Å²) in [4.78, 5) is 20.9. The highest BCUT2D eigenvalue weighted by Crippen LogP contribution is 2.69. The normalized spacial score (nSPS) is 28.0. The molecule has 10 heteroatoms. The molecule has 5 atom stereocenters. The molecule has 0 radical (unpaired) electrons. The van der Waals surface area contributed by atoms with Gasteiger partial charge in [0, 0.05) is 44.6 Å². The van der Waals surface area contributed by atoms with E-state index < -0.39 is 34.7 Å². The molecule has 1 aliphatic carbocycles. The average Bonchev–Trinajstić information content (AvgIpc) is 3.39. The SMILES string of the molecule is COc1cncc2c1[C@]1(O)[C@H](O)[C@H](CN3CCN(C(=O)OC(C)(C)C)CC3)[C@@H](c3ccccc3)[C@]1(c1ccc(C#N)cc1)O2. The van der Waals surface area contributed by atoms with Gasteiger partial charge in [-0.1, -0.05) is 42.5 Å². The summed E-state index contributed by atoms with van der Waals surface area (Å²) in [7, 11) is 1.50. The molecule has 3 aliphatic rings. The number of nitriles is 1. The predicted molar refractivity (Wildman–Crippen MR) is 161 cm³/mol. The van der Waals surface area contributed by atoms with Crippen LogP contribution in [0.3, 0.4) is 0 Å². The second-order valence-corrected chi connectivity index (χ2v) is 12.8. The van der Waals surface area contributed by atoms with Crippen molar-refractivity contribution < 1.29 is 29.2 Å². The first kappa shape index (κ1) is 29.9. The molecule has 1 aromatic heterocycles. The second kappa shape index (κ2) is 11.1. The summed E-state index contributed by atoms with van der Waals surface area (Å²) in [6.07, 6.45) is 1.45. The van der Waals surface area contributed by atoms with E-state index in [-0.39, 0.29) is 6.09 Å². The lowest BCUT2D eigenvalue weighted by Crippen LogP contribution is -2.52. The van der Waals surface area contributed by atoms with E-state index in [1.54, 1.807) is 35.4 Å². The molecule has 10 nitrogen and oxygen atoms in total. The number of aliphatic hydroxyl groups excluding tert-OH is 1. The number of carbonyl (C=O) groups excluding carboxylic acids is 1. The zero-order chi connectivity index (χ0) is 31.3. The van der Waals surface area contributed by atoms with Gasteiger partial charge in [0.25, 0.3) is 0 Å². The van der Waals surface area contributed by atoms with Crippen LogP contribution in [0.4, 0.5) is 4.79 Å². The van der Waals surface area contributed by atoms with Crippen LogP contribution >= 0.6 is 0 Å². The van der Waals surface area contributed by atoms with Gasteiger partial charge in [-0.3, -0.25) is 9.88 Å². The summed E-state index contributed by atoms with van der Waals surface area (Å²) >= 11 is 0. The zero-order valence-corrected chi connectivity index (χ0v) is 25.4. The Labute approximate surface area is 257 Å². The van der Waals surface area contributed by atoms with Gasteiger partial charge in [0.1, 0.15) is 17.1 Å². The second-order valence-electron chi connectivity index (χ2n) is 12.8. The Morgan fingerprint density at radius 1 is 1.09 bits per heavy atom. The smallest absolute Gasteiger partial charge is 0.410 e. The lowest BCUT2D eigenvalue weighted by molar-refractivity contribution is -0.152. The van der Waals surface area contributed by atoms with Crippen LogP contribution in [-0.2, 0) is 15.9 Å². The van der Waals surface area contributed by atoms with E-state index in [4.69, 9.17) is 14.2 Å². The fourth-order valence-electron chi connectivity index (χ4n) is 7.27. The minimum absolute atomic E-state index is 0.318. The fraction of sp³-hybridized carbons (Fsp3) is 0.441. The first-order chi connectivity index (χ1) is 21.0. The molecule has 3 aromatic rings. The van der Waals surface area contributed by atoms with Crippen LogP contribution in [0.2, 0.25) is 0 Å².